The Morgan fingerprint density at radius 2 is 2.03 bits per heavy atom. The monoisotopic (exact) mass is 424 g/mol. The second-order valence-corrected chi connectivity index (χ2v) is 8.57. The fraction of sp³-hybridized carbons (Fsp3) is 0.259. The zero-order valence-electron chi connectivity index (χ0n) is 18.3. The second-order valence-electron chi connectivity index (χ2n) is 8.57. The average molecular weight is 425 g/mol. The van der Waals surface area contributed by atoms with Crippen molar-refractivity contribution in [1.29, 1.82) is 0 Å². The van der Waals surface area contributed by atoms with E-state index < -0.39 is 0 Å². The van der Waals surface area contributed by atoms with E-state index in [0.717, 1.165) is 35.7 Å². The summed E-state index contributed by atoms with van der Waals surface area (Å²) in [4.78, 5) is 20.5. The first kappa shape index (κ1) is 20.5. The Balaban J connectivity index is 1.36. The number of hydrogen-bond donors (Lipinski definition) is 3. The van der Waals surface area contributed by atoms with Crippen LogP contribution in [0.4, 0.5) is 0 Å². The van der Waals surface area contributed by atoms with Crippen LogP contribution >= 0.6 is 0 Å². The lowest BCUT2D eigenvalue weighted by atomic mass is 9.90. The molecule has 0 radical (unpaired) electrons. The van der Waals surface area contributed by atoms with Crippen LogP contribution in [0.3, 0.4) is 0 Å². The van der Waals surface area contributed by atoms with E-state index in [-0.39, 0.29) is 18.0 Å². The van der Waals surface area contributed by atoms with Crippen molar-refractivity contribution in [2.45, 2.75) is 44.8 Å². The van der Waals surface area contributed by atoms with Gasteiger partial charge in [0.25, 0.3) is 5.91 Å². The fourth-order valence-corrected chi connectivity index (χ4v) is 4.70. The Hall–Kier alpha value is -3.44. The summed E-state index contributed by atoms with van der Waals surface area (Å²) in [6.07, 6.45) is 6.78. The molecule has 4 aromatic rings. The third kappa shape index (κ3) is 4.16. The van der Waals surface area contributed by atoms with Gasteiger partial charge in [0, 0.05) is 53.2 Å². The SMILES string of the molecule is CC(NC1CCCc2c1[nH]c1ccc(C(=O)NCc3cccnc3)cc21)c1ccccc1. The lowest BCUT2D eigenvalue weighted by Gasteiger charge is -2.27. The Kier molecular flexibility index (Phi) is 5.73. The van der Waals surface area contributed by atoms with Crippen LogP contribution in [0.15, 0.2) is 73.1 Å². The summed E-state index contributed by atoms with van der Waals surface area (Å²) < 4.78 is 0. The topological polar surface area (TPSA) is 69.8 Å². The number of carbonyl (C=O) groups excluding carboxylic acids is 1. The van der Waals surface area contributed by atoms with Crippen LogP contribution in [0.2, 0.25) is 0 Å². The third-order valence-electron chi connectivity index (χ3n) is 6.40. The molecule has 32 heavy (non-hydrogen) atoms. The van der Waals surface area contributed by atoms with Gasteiger partial charge in [0.15, 0.2) is 0 Å². The molecule has 3 N–H and O–H groups in total. The molecule has 2 unspecified atom stereocenters. The van der Waals surface area contributed by atoms with Gasteiger partial charge in [-0.15, -0.1) is 0 Å². The second kappa shape index (κ2) is 8.97. The molecule has 162 valence electrons. The van der Waals surface area contributed by atoms with Crippen molar-refractivity contribution in [3.05, 3.63) is 101 Å². The molecular weight excluding hydrogens is 396 g/mol. The zero-order chi connectivity index (χ0) is 21.9. The van der Waals surface area contributed by atoms with Gasteiger partial charge in [0.2, 0.25) is 0 Å². The van der Waals surface area contributed by atoms with Gasteiger partial charge in [-0.25, -0.2) is 0 Å². The summed E-state index contributed by atoms with van der Waals surface area (Å²) in [5, 5.41) is 7.98. The van der Waals surface area contributed by atoms with E-state index in [1.54, 1.807) is 12.4 Å². The van der Waals surface area contributed by atoms with Crippen molar-refractivity contribution in [3.63, 3.8) is 0 Å². The van der Waals surface area contributed by atoms with Gasteiger partial charge in [-0.05, 0) is 67.1 Å². The van der Waals surface area contributed by atoms with E-state index in [4.69, 9.17) is 0 Å². The summed E-state index contributed by atoms with van der Waals surface area (Å²) in [7, 11) is 0. The van der Waals surface area contributed by atoms with Gasteiger partial charge in [-0.1, -0.05) is 36.4 Å². The highest BCUT2D eigenvalue weighted by atomic mass is 16.1. The van der Waals surface area contributed by atoms with Gasteiger partial charge >= 0.3 is 0 Å². The number of pyridine rings is 1. The standard InChI is InChI=1S/C27H28N4O/c1-18(20-8-3-2-4-9-20)30-25-11-5-10-22-23-15-21(12-13-24(23)31-26(22)25)27(32)29-17-19-7-6-14-28-16-19/h2-4,6-9,12-16,18,25,30-31H,5,10-11,17H2,1H3,(H,29,32). The number of benzene rings is 2. The number of rotatable bonds is 6. The Labute approximate surface area is 188 Å². The van der Waals surface area contributed by atoms with Crippen molar-refractivity contribution in [3.8, 4) is 0 Å². The first-order valence-corrected chi connectivity index (χ1v) is 11.3. The minimum absolute atomic E-state index is 0.0612. The van der Waals surface area contributed by atoms with E-state index in [2.05, 4.69) is 57.9 Å². The molecule has 1 amide bonds. The molecule has 2 heterocycles. The first-order chi connectivity index (χ1) is 15.7. The molecule has 0 saturated heterocycles. The Morgan fingerprint density at radius 3 is 2.84 bits per heavy atom. The number of nitrogens with one attached hydrogen (secondary N) is 3. The molecule has 5 nitrogen and oxygen atoms in total. The number of carbonyl (C=O) groups is 1. The largest absolute Gasteiger partial charge is 0.357 e. The number of aryl methyl sites for hydroxylation is 1. The third-order valence-corrected chi connectivity index (χ3v) is 6.40. The number of hydrogen-bond acceptors (Lipinski definition) is 3. The van der Waals surface area contributed by atoms with Crippen molar-refractivity contribution in [2.75, 3.05) is 0 Å². The Bertz CT molecular complexity index is 1220. The van der Waals surface area contributed by atoms with Gasteiger partial charge < -0.3 is 15.6 Å². The predicted octanol–water partition coefficient (Wildman–Crippen LogP) is 5.22. The lowest BCUT2D eigenvalue weighted by molar-refractivity contribution is 0.0951. The molecule has 2 atom stereocenters. The van der Waals surface area contributed by atoms with Crippen LogP contribution in [0, 0.1) is 0 Å². The number of amides is 1. The van der Waals surface area contributed by atoms with Crippen LogP contribution in [-0.2, 0) is 13.0 Å². The van der Waals surface area contributed by atoms with Gasteiger partial charge in [-0.3, -0.25) is 9.78 Å². The molecule has 0 fully saturated rings. The molecule has 2 aromatic heterocycles. The maximum Gasteiger partial charge on any atom is 0.251 e. The van der Waals surface area contributed by atoms with Gasteiger partial charge in [0.1, 0.15) is 0 Å². The summed E-state index contributed by atoms with van der Waals surface area (Å²) in [5.41, 5.74) is 6.68. The molecule has 5 heteroatoms. The van der Waals surface area contributed by atoms with E-state index in [0.29, 0.717) is 12.1 Å². The molecule has 0 aliphatic heterocycles. The summed E-state index contributed by atoms with van der Waals surface area (Å²) in [6, 6.07) is 20.9. The first-order valence-electron chi connectivity index (χ1n) is 11.3. The fourth-order valence-electron chi connectivity index (χ4n) is 4.70. The Morgan fingerprint density at radius 1 is 1.16 bits per heavy atom. The maximum absolute atomic E-state index is 12.8. The zero-order valence-corrected chi connectivity index (χ0v) is 18.3. The van der Waals surface area contributed by atoms with Crippen LogP contribution in [0.25, 0.3) is 10.9 Å². The molecular formula is C27H28N4O. The minimum atomic E-state index is -0.0612. The van der Waals surface area contributed by atoms with E-state index in [1.807, 2.05) is 30.3 Å². The smallest absolute Gasteiger partial charge is 0.251 e. The van der Waals surface area contributed by atoms with Crippen molar-refractivity contribution in [2.24, 2.45) is 0 Å². The number of aromatic amines is 1. The highest BCUT2D eigenvalue weighted by Crippen LogP contribution is 2.36. The number of nitrogens with zero attached hydrogens (tertiary/aromatic N) is 1. The van der Waals surface area contributed by atoms with Gasteiger partial charge in [-0.2, -0.15) is 0 Å². The summed E-state index contributed by atoms with van der Waals surface area (Å²) in [5.74, 6) is -0.0612. The quantitative estimate of drug-likeness (QED) is 0.397. The van der Waals surface area contributed by atoms with E-state index >= 15 is 0 Å². The number of fused-ring (bicyclic) bond motifs is 3. The molecule has 1 aliphatic carbocycles. The van der Waals surface area contributed by atoms with E-state index in [1.165, 1.54) is 16.8 Å². The van der Waals surface area contributed by atoms with Crippen molar-refractivity contribution in [1.82, 2.24) is 20.6 Å². The molecule has 0 spiro atoms. The molecule has 5 rings (SSSR count). The molecule has 0 saturated carbocycles. The number of H-pyrrole nitrogens is 1. The van der Waals surface area contributed by atoms with Crippen molar-refractivity contribution >= 4 is 16.8 Å². The predicted molar refractivity (Wildman–Crippen MR) is 127 cm³/mol. The average Bonchev–Trinajstić information content (AvgIpc) is 3.23. The van der Waals surface area contributed by atoms with E-state index in [9.17, 15) is 4.79 Å². The van der Waals surface area contributed by atoms with Crippen LogP contribution in [0.1, 0.15) is 64.6 Å². The van der Waals surface area contributed by atoms with Crippen LogP contribution < -0.4 is 10.6 Å². The maximum atomic E-state index is 12.8. The number of aromatic nitrogens is 2. The van der Waals surface area contributed by atoms with Crippen LogP contribution in [0.5, 0.6) is 0 Å². The molecule has 1 aliphatic rings. The summed E-state index contributed by atoms with van der Waals surface area (Å²) in [6.45, 7) is 2.69. The summed E-state index contributed by atoms with van der Waals surface area (Å²) >= 11 is 0. The minimum Gasteiger partial charge on any atom is -0.357 e. The van der Waals surface area contributed by atoms with Crippen molar-refractivity contribution < 1.29 is 4.79 Å². The van der Waals surface area contributed by atoms with Crippen LogP contribution in [-0.4, -0.2) is 15.9 Å². The van der Waals surface area contributed by atoms with Gasteiger partial charge in [0.05, 0.1) is 0 Å². The molecule has 2 aromatic carbocycles. The lowest BCUT2D eigenvalue weighted by Crippen LogP contribution is -2.27. The normalized spacial score (nSPS) is 16.5. The molecule has 0 bridgehead atoms. The highest BCUT2D eigenvalue weighted by molar-refractivity contribution is 5.99. The highest BCUT2D eigenvalue weighted by Gasteiger charge is 2.26.